The summed E-state index contributed by atoms with van der Waals surface area (Å²) in [6.07, 6.45) is 0. The molecule has 0 unspecified atom stereocenters. The van der Waals surface area contributed by atoms with Crippen molar-refractivity contribution in [2.75, 3.05) is 26.3 Å². The molecule has 9 heteroatoms. The summed E-state index contributed by atoms with van der Waals surface area (Å²) >= 11 is 6.29. The van der Waals surface area contributed by atoms with E-state index in [-0.39, 0.29) is 15.5 Å². The molecule has 0 radical (unpaired) electrons. The fourth-order valence-electron chi connectivity index (χ4n) is 4.59. The molecule has 0 bridgehead atoms. The minimum atomic E-state index is -3.66. The third-order valence-electron chi connectivity index (χ3n) is 6.24. The van der Waals surface area contributed by atoms with Gasteiger partial charge in [-0.25, -0.2) is 17.8 Å². The van der Waals surface area contributed by atoms with Crippen LogP contribution in [-0.4, -0.2) is 49.0 Å². The van der Waals surface area contributed by atoms with E-state index in [2.05, 4.69) is 4.98 Å². The van der Waals surface area contributed by atoms with Gasteiger partial charge in [0.05, 0.1) is 39.7 Å². The van der Waals surface area contributed by atoms with Crippen LogP contribution in [0.4, 0.5) is 4.39 Å². The number of nitrogens with zero attached hydrogens (tertiary/aromatic N) is 2. The number of H-pyrrole nitrogens is 1. The Morgan fingerprint density at radius 1 is 0.941 bits per heavy atom. The van der Waals surface area contributed by atoms with E-state index in [9.17, 15) is 12.8 Å². The van der Waals surface area contributed by atoms with E-state index in [1.165, 1.54) is 10.4 Å². The van der Waals surface area contributed by atoms with Gasteiger partial charge in [0.15, 0.2) is 0 Å². The van der Waals surface area contributed by atoms with Crippen LogP contribution in [0.5, 0.6) is 0 Å². The zero-order valence-electron chi connectivity index (χ0n) is 17.9. The van der Waals surface area contributed by atoms with Crippen molar-refractivity contribution in [3.8, 4) is 11.4 Å². The van der Waals surface area contributed by atoms with E-state index in [4.69, 9.17) is 21.3 Å². The highest BCUT2D eigenvalue weighted by atomic mass is 35.5. The van der Waals surface area contributed by atoms with Crippen molar-refractivity contribution in [2.24, 2.45) is 0 Å². The topological polar surface area (TPSA) is 75.3 Å². The number of ether oxygens (including phenoxy) is 1. The summed E-state index contributed by atoms with van der Waals surface area (Å²) in [7, 11) is -3.66. The summed E-state index contributed by atoms with van der Waals surface area (Å²) in [5.41, 5.74) is 1.56. The molecule has 1 fully saturated rings. The van der Waals surface area contributed by atoms with Crippen LogP contribution >= 0.6 is 11.6 Å². The molecule has 6 nitrogen and oxygen atoms in total. The smallest absolute Gasteiger partial charge is 0.243 e. The second-order valence-corrected chi connectivity index (χ2v) is 10.5. The minimum Gasteiger partial charge on any atom is -0.379 e. The second-order valence-electron chi connectivity index (χ2n) is 8.18. The molecule has 5 aromatic rings. The Morgan fingerprint density at radius 3 is 2.47 bits per heavy atom. The van der Waals surface area contributed by atoms with E-state index in [0.29, 0.717) is 43.2 Å². The number of fused-ring (bicyclic) bond motifs is 6. The minimum absolute atomic E-state index is 0.198. The van der Waals surface area contributed by atoms with E-state index in [1.54, 1.807) is 30.3 Å². The Balaban J connectivity index is 1.63. The number of hydrogen-bond acceptors (Lipinski definition) is 4. The predicted molar refractivity (Wildman–Crippen MR) is 131 cm³/mol. The molecule has 172 valence electrons. The maximum atomic E-state index is 14.6. The summed E-state index contributed by atoms with van der Waals surface area (Å²) < 4.78 is 48.0. The van der Waals surface area contributed by atoms with Gasteiger partial charge in [0.2, 0.25) is 10.0 Å². The van der Waals surface area contributed by atoms with Gasteiger partial charge >= 0.3 is 0 Å². The van der Waals surface area contributed by atoms with Crippen LogP contribution in [-0.2, 0) is 14.8 Å². The largest absolute Gasteiger partial charge is 0.379 e. The van der Waals surface area contributed by atoms with Crippen molar-refractivity contribution in [2.45, 2.75) is 4.90 Å². The van der Waals surface area contributed by atoms with Crippen LogP contribution in [0.2, 0.25) is 5.02 Å². The van der Waals surface area contributed by atoms with E-state index in [1.807, 2.05) is 24.3 Å². The van der Waals surface area contributed by atoms with E-state index in [0.717, 1.165) is 21.5 Å². The number of benzene rings is 4. The van der Waals surface area contributed by atoms with Crippen LogP contribution in [0.25, 0.3) is 44.0 Å². The highest BCUT2D eigenvalue weighted by Crippen LogP contribution is 2.38. The fraction of sp³-hybridized carbons (Fsp3) is 0.160. The number of halogens is 2. The first-order chi connectivity index (χ1) is 16.4. The zero-order chi connectivity index (χ0) is 23.4. The summed E-state index contributed by atoms with van der Waals surface area (Å²) in [6.45, 7) is 1.42. The normalized spacial score (nSPS) is 15.5. The number of imidazole rings is 1. The molecule has 1 N–H and O–H groups in total. The van der Waals surface area contributed by atoms with Crippen LogP contribution in [0.3, 0.4) is 0 Å². The number of nitrogens with one attached hydrogen (secondary N) is 1. The second kappa shape index (κ2) is 8.02. The van der Waals surface area contributed by atoms with Gasteiger partial charge in [0.1, 0.15) is 11.6 Å². The Bertz CT molecular complexity index is 1670. The zero-order valence-corrected chi connectivity index (χ0v) is 19.5. The number of hydrogen-bond donors (Lipinski definition) is 1. The molecule has 0 aliphatic carbocycles. The van der Waals surface area contributed by atoms with Gasteiger partial charge in [-0.05, 0) is 35.0 Å². The standard InChI is InChI=1S/C25H19ClFN3O3S/c26-20-6-3-7-21(27)22(20)25-28-23-17-5-2-1-4-16(17)19-14-15(8-9-18(19)24(23)29-25)34(31,32)30-10-12-33-13-11-30/h1-9,14H,10-13H2,(H,28,29). The average molecular weight is 496 g/mol. The first-order valence-electron chi connectivity index (χ1n) is 10.8. The third kappa shape index (κ3) is 3.29. The van der Waals surface area contributed by atoms with Crippen LogP contribution < -0.4 is 0 Å². The molecule has 0 atom stereocenters. The lowest BCUT2D eigenvalue weighted by Gasteiger charge is -2.26. The van der Waals surface area contributed by atoms with Crippen molar-refractivity contribution in [3.05, 3.63) is 71.5 Å². The maximum Gasteiger partial charge on any atom is 0.243 e. The lowest BCUT2D eigenvalue weighted by molar-refractivity contribution is 0.0730. The SMILES string of the molecule is O=S(=O)(c1ccc2c(c1)c1ccccc1c1nc(-c3c(F)cccc3Cl)[nH]c21)N1CCOCC1. The number of sulfonamides is 1. The van der Waals surface area contributed by atoms with Crippen molar-refractivity contribution >= 4 is 54.2 Å². The van der Waals surface area contributed by atoms with Gasteiger partial charge in [-0.3, -0.25) is 0 Å². The molecule has 6 rings (SSSR count). The Labute approximate surface area is 200 Å². The summed E-state index contributed by atoms with van der Waals surface area (Å²) in [4.78, 5) is 8.17. The summed E-state index contributed by atoms with van der Waals surface area (Å²) in [5.74, 6) is -0.153. The van der Waals surface area contributed by atoms with Crippen LogP contribution in [0.15, 0.2) is 65.6 Å². The molecule has 1 aliphatic rings. The molecule has 0 spiro atoms. The first-order valence-corrected chi connectivity index (χ1v) is 12.6. The quantitative estimate of drug-likeness (QED) is 0.342. The van der Waals surface area contributed by atoms with Crippen LogP contribution in [0, 0.1) is 5.82 Å². The molecule has 1 saturated heterocycles. The Kier molecular flexibility index (Phi) is 5.07. The molecular weight excluding hydrogens is 477 g/mol. The summed E-state index contributed by atoms with van der Waals surface area (Å²) in [6, 6.07) is 17.3. The lowest BCUT2D eigenvalue weighted by Crippen LogP contribution is -2.40. The van der Waals surface area contributed by atoms with Crippen molar-refractivity contribution in [1.29, 1.82) is 0 Å². The molecule has 0 saturated carbocycles. The van der Waals surface area contributed by atoms with Crippen molar-refractivity contribution in [1.82, 2.24) is 14.3 Å². The molecule has 34 heavy (non-hydrogen) atoms. The maximum absolute atomic E-state index is 14.6. The van der Waals surface area contributed by atoms with Gasteiger partial charge in [-0.2, -0.15) is 4.31 Å². The molecule has 1 aromatic heterocycles. The van der Waals surface area contributed by atoms with Gasteiger partial charge in [-0.1, -0.05) is 48.0 Å². The molecule has 4 aromatic carbocycles. The number of morpholine rings is 1. The van der Waals surface area contributed by atoms with Crippen LogP contribution in [0.1, 0.15) is 0 Å². The lowest BCUT2D eigenvalue weighted by atomic mass is 10.00. The highest BCUT2D eigenvalue weighted by molar-refractivity contribution is 7.89. The molecule has 1 aliphatic heterocycles. The van der Waals surface area contributed by atoms with Crippen molar-refractivity contribution < 1.29 is 17.5 Å². The van der Waals surface area contributed by atoms with E-state index >= 15 is 0 Å². The number of aromatic nitrogens is 2. The van der Waals surface area contributed by atoms with Gasteiger partial charge in [-0.15, -0.1) is 0 Å². The van der Waals surface area contributed by atoms with Gasteiger partial charge in [0.25, 0.3) is 0 Å². The van der Waals surface area contributed by atoms with Gasteiger partial charge in [0, 0.05) is 23.9 Å². The third-order valence-corrected chi connectivity index (χ3v) is 8.45. The highest BCUT2D eigenvalue weighted by Gasteiger charge is 2.27. The first kappa shape index (κ1) is 21.5. The Morgan fingerprint density at radius 2 is 1.71 bits per heavy atom. The van der Waals surface area contributed by atoms with Gasteiger partial charge < -0.3 is 9.72 Å². The fourth-order valence-corrected chi connectivity index (χ4v) is 6.28. The summed E-state index contributed by atoms with van der Waals surface area (Å²) in [5, 5.41) is 3.52. The van der Waals surface area contributed by atoms with E-state index < -0.39 is 15.8 Å². The molecule has 2 heterocycles. The molecule has 0 amide bonds. The Hall–Kier alpha value is -3.04. The monoisotopic (exact) mass is 495 g/mol. The number of aromatic amines is 1. The average Bonchev–Trinajstić information content (AvgIpc) is 3.29. The number of rotatable bonds is 3. The predicted octanol–water partition coefficient (Wildman–Crippen LogP) is 5.35. The van der Waals surface area contributed by atoms with Crippen molar-refractivity contribution in [3.63, 3.8) is 0 Å². The molecular formula is C25H19ClFN3O3S.